The van der Waals surface area contributed by atoms with Crippen molar-refractivity contribution in [1.82, 2.24) is 9.80 Å². The third-order valence-corrected chi connectivity index (χ3v) is 6.03. The van der Waals surface area contributed by atoms with Crippen LogP contribution < -0.4 is 5.32 Å². The first-order valence-electron chi connectivity index (χ1n) is 9.88. The van der Waals surface area contributed by atoms with Crippen LogP contribution in [0.5, 0.6) is 0 Å². The molecular weight excluding hydrogens is 425 g/mol. The zero-order valence-corrected chi connectivity index (χ0v) is 19.0. The highest BCUT2D eigenvalue weighted by Gasteiger charge is 2.14. The number of anilines is 1. The fourth-order valence-electron chi connectivity index (χ4n) is 3.30. The second-order valence-corrected chi connectivity index (χ2v) is 8.48. The molecular formula is C22H27Cl2N3OS. The minimum atomic E-state index is 0.712. The Bertz CT molecular complexity index is 810. The van der Waals surface area contributed by atoms with E-state index in [1.807, 2.05) is 49.4 Å². The van der Waals surface area contributed by atoms with Crippen LogP contribution in [0.25, 0.3) is 0 Å². The topological polar surface area (TPSA) is 27.7 Å². The smallest absolute Gasteiger partial charge is 0.173 e. The van der Waals surface area contributed by atoms with Gasteiger partial charge in [-0.05, 0) is 67.0 Å². The molecule has 4 nitrogen and oxygen atoms in total. The molecule has 0 amide bonds. The summed E-state index contributed by atoms with van der Waals surface area (Å²) < 4.78 is 5.44. The van der Waals surface area contributed by atoms with Gasteiger partial charge in [0.2, 0.25) is 0 Å². The van der Waals surface area contributed by atoms with Crippen molar-refractivity contribution in [3.05, 3.63) is 63.6 Å². The van der Waals surface area contributed by atoms with Crippen molar-refractivity contribution in [2.24, 2.45) is 0 Å². The molecule has 29 heavy (non-hydrogen) atoms. The number of aryl methyl sites for hydroxylation is 1. The molecule has 1 aliphatic rings. The summed E-state index contributed by atoms with van der Waals surface area (Å²) in [6.07, 6.45) is 1.04. The van der Waals surface area contributed by atoms with E-state index < -0.39 is 0 Å². The van der Waals surface area contributed by atoms with Gasteiger partial charge < -0.3 is 15.0 Å². The molecule has 1 aliphatic heterocycles. The summed E-state index contributed by atoms with van der Waals surface area (Å²) >= 11 is 17.9. The first-order valence-corrected chi connectivity index (χ1v) is 11.0. The summed E-state index contributed by atoms with van der Waals surface area (Å²) in [6, 6.07) is 13.8. The maximum Gasteiger partial charge on any atom is 0.173 e. The van der Waals surface area contributed by atoms with Crippen molar-refractivity contribution in [3.8, 4) is 0 Å². The summed E-state index contributed by atoms with van der Waals surface area (Å²) in [5, 5.41) is 5.58. The number of ether oxygens (including phenoxy) is 1. The van der Waals surface area contributed by atoms with Gasteiger partial charge in [-0.2, -0.15) is 0 Å². The predicted molar refractivity (Wildman–Crippen MR) is 126 cm³/mol. The van der Waals surface area contributed by atoms with Gasteiger partial charge in [-0.3, -0.25) is 4.90 Å². The van der Waals surface area contributed by atoms with Crippen molar-refractivity contribution < 1.29 is 4.74 Å². The molecule has 0 saturated carbocycles. The summed E-state index contributed by atoms with van der Waals surface area (Å²) in [6.45, 7) is 8.30. The molecule has 1 heterocycles. The third-order valence-electron chi connectivity index (χ3n) is 4.99. The van der Waals surface area contributed by atoms with E-state index in [1.54, 1.807) is 0 Å². The Labute approximate surface area is 188 Å². The van der Waals surface area contributed by atoms with Crippen LogP contribution in [-0.2, 0) is 11.3 Å². The fraction of sp³-hybridized carbons (Fsp3) is 0.409. The lowest BCUT2D eigenvalue weighted by atomic mass is 10.2. The minimum absolute atomic E-state index is 0.712. The van der Waals surface area contributed by atoms with Crippen LogP contribution >= 0.6 is 35.4 Å². The van der Waals surface area contributed by atoms with Crippen LogP contribution in [0.3, 0.4) is 0 Å². The molecule has 7 heteroatoms. The third kappa shape index (κ3) is 7.12. The zero-order valence-electron chi connectivity index (χ0n) is 16.7. The molecule has 3 rings (SSSR count). The Hall–Kier alpha value is -1.37. The van der Waals surface area contributed by atoms with Gasteiger partial charge in [-0.15, -0.1) is 0 Å². The van der Waals surface area contributed by atoms with Crippen molar-refractivity contribution >= 4 is 46.2 Å². The number of hydrogen-bond donors (Lipinski definition) is 1. The lowest BCUT2D eigenvalue weighted by Gasteiger charge is -2.29. The van der Waals surface area contributed by atoms with Crippen LogP contribution in [-0.4, -0.2) is 54.3 Å². The molecule has 156 valence electrons. The van der Waals surface area contributed by atoms with E-state index in [4.69, 9.17) is 40.2 Å². The molecule has 0 bridgehead atoms. The molecule has 0 radical (unpaired) electrons. The number of thiocarbonyl (C=S) groups is 1. The van der Waals surface area contributed by atoms with Gasteiger partial charge in [-0.25, -0.2) is 0 Å². The van der Waals surface area contributed by atoms with Crippen molar-refractivity contribution in [3.63, 3.8) is 0 Å². The van der Waals surface area contributed by atoms with Crippen LogP contribution in [0.4, 0.5) is 5.69 Å². The van der Waals surface area contributed by atoms with Crippen molar-refractivity contribution in [2.45, 2.75) is 19.9 Å². The second-order valence-electron chi connectivity index (χ2n) is 7.25. The maximum absolute atomic E-state index is 6.15. The monoisotopic (exact) mass is 451 g/mol. The maximum atomic E-state index is 6.15. The van der Waals surface area contributed by atoms with Crippen LogP contribution in [0.2, 0.25) is 10.0 Å². The molecule has 0 aromatic heterocycles. The van der Waals surface area contributed by atoms with Gasteiger partial charge in [0.1, 0.15) is 0 Å². The van der Waals surface area contributed by atoms with Crippen molar-refractivity contribution in [2.75, 3.05) is 44.7 Å². The van der Waals surface area contributed by atoms with Gasteiger partial charge in [-0.1, -0.05) is 35.3 Å². The number of morpholine rings is 1. The molecule has 0 spiro atoms. The Morgan fingerprint density at radius 1 is 1.14 bits per heavy atom. The molecule has 0 unspecified atom stereocenters. The van der Waals surface area contributed by atoms with E-state index in [0.29, 0.717) is 5.11 Å². The molecule has 0 atom stereocenters. The predicted octanol–water partition coefficient (Wildman–Crippen LogP) is 5.22. The van der Waals surface area contributed by atoms with E-state index in [1.165, 1.54) is 5.56 Å². The Morgan fingerprint density at radius 3 is 2.55 bits per heavy atom. The van der Waals surface area contributed by atoms with Gasteiger partial charge >= 0.3 is 0 Å². The number of rotatable bonds is 7. The van der Waals surface area contributed by atoms with E-state index in [-0.39, 0.29) is 0 Å². The van der Waals surface area contributed by atoms with Crippen LogP contribution in [0, 0.1) is 6.92 Å². The van der Waals surface area contributed by atoms with Gasteiger partial charge in [0.15, 0.2) is 5.11 Å². The van der Waals surface area contributed by atoms with E-state index in [2.05, 4.69) is 15.1 Å². The van der Waals surface area contributed by atoms with Gasteiger partial charge in [0.05, 0.1) is 13.2 Å². The quantitative estimate of drug-likeness (QED) is 0.582. The van der Waals surface area contributed by atoms with Gasteiger partial charge in [0, 0.05) is 48.5 Å². The fourth-order valence-corrected chi connectivity index (χ4v) is 3.81. The average molecular weight is 452 g/mol. The Morgan fingerprint density at radius 2 is 1.86 bits per heavy atom. The largest absolute Gasteiger partial charge is 0.379 e. The summed E-state index contributed by atoms with van der Waals surface area (Å²) in [4.78, 5) is 4.66. The summed E-state index contributed by atoms with van der Waals surface area (Å²) in [7, 11) is 0. The van der Waals surface area contributed by atoms with Crippen molar-refractivity contribution in [1.29, 1.82) is 0 Å². The SMILES string of the molecule is Cc1cc(NC(=S)N(CCCN2CCOCC2)Cc2ccc(Cl)cc2)ccc1Cl. The number of hydrogen-bond acceptors (Lipinski definition) is 3. The average Bonchev–Trinajstić information content (AvgIpc) is 2.72. The number of benzene rings is 2. The summed E-state index contributed by atoms with van der Waals surface area (Å²) in [5.41, 5.74) is 3.15. The first kappa shape index (κ1) is 22.3. The normalized spacial score (nSPS) is 14.6. The highest BCUT2D eigenvalue weighted by Crippen LogP contribution is 2.20. The number of nitrogens with zero attached hydrogens (tertiary/aromatic N) is 2. The molecule has 1 fully saturated rings. The van der Waals surface area contributed by atoms with Crippen LogP contribution in [0.1, 0.15) is 17.5 Å². The molecule has 1 N–H and O–H groups in total. The summed E-state index contributed by atoms with van der Waals surface area (Å²) in [5.74, 6) is 0. The molecule has 2 aromatic carbocycles. The van der Waals surface area contributed by atoms with E-state index in [0.717, 1.165) is 73.7 Å². The highest BCUT2D eigenvalue weighted by atomic mass is 35.5. The minimum Gasteiger partial charge on any atom is -0.379 e. The molecule has 2 aromatic rings. The van der Waals surface area contributed by atoms with E-state index >= 15 is 0 Å². The van der Waals surface area contributed by atoms with Crippen LogP contribution in [0.15, 0.2) is 42.5 Å². The lowest BCUT2D eigenvalue weighted by Crippen LogP contribution is -2.40. The number of halogens is 2. The zero-order chi connectivity index (χ0) is 20.6. The van der Waals surface area contributed by atoms with Gasteiger partial charge in [0.25, 0.3) is 0 Å². The highest BCUT2D eigenvalue weighted by molar-refractivity contribution is 7.80. The molecule has 1 saturated heterocycles. The Balaban J connectivity index is 1.63. The number of nitrogens with one attached hydrogen (secondary N) is 1. The second kappa shape index (κ2) is 11.1. The standard InChI is InChI=1S/C22H27Cl2N3OS/c1-17-15-20(7-8-21(17)24)25-22(29)27(16-18-3-5-19(23)6-4-18)10-2-9-26-11-13-28-14-12-26/h3-8,15H,2,9-14,16H2,1H3,(H,25,29). The lowest BCUT2D eigenvalue weighted by molar-refractivity contribution is 0.0368. The molecule has 0 aliphatic carbocycles. The Kier molecular flexibility index (Phi) is 8.57. The van der Waals surface area contributed by atoms with E-state index in [9.17, 15) is 0 Å². The first-order chi connectivity index (χ1) is 14.0.